The lowest BCUT2D eigenvalue weighted by Crippen LogP contribution is -2.33. The zero-order valence-electron chi connectivity index (χ0n) is 15.6. The molecule has 8 nitrogen and oxygen atoms in total. The Hall–Kier alpha value is -3.14. The Morgan fingerprint density at radius 2 is 1.93 bits per heavy atom. The van der Waals surface area contributed by atoms with Crippen LogP contribution in [-0.2, 0) is 11.2 Å². The van der Waals surface area contributed by atoms with E-state index < -0.39 is 5.82 Å². The summed E-state index contributed by atoms with van der Waals surface area (Å²) in [5.41, 5.74) is 6.01. The zero-order valence-corrected chi connectivity index (χ0v) is 16.4. The molecule has 10 heteroatoms. The van der Waals surface area contributed by atoms with Crippen LogP contribution >= 0.6 is 11.3 Å². The Morgan fingerprint density at radius 1 is 1.14 bits per heavy atom. The Kier molecular flexibility index (Phi) is 5.61. The van der Waals surface area contributed by atoms with Gasteiger partial charge in [-0.2, -0.15) is 0 Å². The second kappa shape index (κ2) is 8.48. The molecule has 29 heavy (non-hydrogen) atoms. The van der Waals surface area contributed by atoms with Crippen molar-refractivity contribution in [3.63, 3.8) is 0 Å². The molecule has 1 saturated heterocycles. The van der Waals surface area contributed by atoms with Crippen LogP contribution in [-0.4, -0.2) is 39.4 Å². The molecule has 0 spiro atoms. The molecule has 0 bridgehead atoms. The van der Waals surface area contributed by atoms with E-state index in [1.54, 1.807) is 24.3 Å². The molecule has 0 aliphatic carbocycles. The van der Waals surface area contributed by atoms with Gasteiger partial charge in [0.2, 0.25) is 11.0 Å². The van der Waals surface area contributed by atoms with Gasteiger partial charge in [0.15, 0.2) is 11.6 Å². The van der Waals surface area contributed by atoms with Gasteiger partial charge in [0, 0.05) is 19.0 Å². The standard InChI is InChI=1S/C19H20FN7OS/c20-14-4-2-1-3-13(14)11-17(28)22-15-5-6-16(24-23-15)27-9-7-12(8-10-27)18-25-26-19(21)29-18/h1-6,12H,7-11H2,(H2,21,26)(H,22,23,28). The maximum Gasteiger partial charge on any atom is 0.230 e. The maximum atomic E-state index is 13.7. The number of amides is 1. The molecule has 1 aliphatic heterocycles. The first-order valence-corrected chi connectivity index (χ1v) is 10.1. The number of hydrogen-bond acceptors (Lipinski definition) is 8. The van der Waals surface area contributed by atoms with Crippen LogP contribution in [0.2, 0.25) is 0 Å². The third-order valence-corrected chi connectivity index (χ3v) is 5.77. The van der Waals surface area contributed by atoms with E-state index in [9.17, 15) is 9.18 Å². The number of rotatable bonds is 5. The fraction of sp³-hybridized carbons (Fsp3) is 0.316. The van der Waals surface area contributed by atoms with Crippen LogP contribution in [0.15, 0.2) is 36.4 Å². The van der Waals surface area contributed by atoms with Crippen LogP contribution in [0.25, 0.3) is 0 Å². The minimum Gasteiger partial charge on any atom is -0.374 e. The van der Waals surface area contributed by atoms with Gasteiger partial charge < -0.3 is 16.0 Å². The van der Waals surface area contributed by atoms with Crippen molar-refractivity contribution in [1.82, 2.24) is 20.4 Å². The lowest BCUT2D eigenvalue weighted by atomic mass is 9.98. The highest BCUT2D eigenvalue weighted by molar-refractivity contribution is 7.15. The van der Waals surface area contributed by atoms with Crippen LogP contribution in [0.4, 0.5) is 21.2 Å². The third kappa shape index (κ3) is 4.65. The first-order valence-electron chi connectivity index (χ1n) is 9.29. The minimum atomic E-state index is -0.399. The number of nitrogens with one attached hydrogen (secondary N) is 1. The van der Waals surface area contributed by atoms with E-state index in [4.69, 9.17) is 5.73 Å². The molecule has 2 aromatic heterocycles. The predicted molar refractivity (Wildman–Crippen MR) is 109 cm³/mol. The largest absolute Gasteiger partial charge is 0.374 e. The molecular formula is C19H20FN7OS. The molecule has 1 amide bonds. The maximum absolute atomic E-state index is 13.7. The van der Waals surface area contributed by atoms with Gasteiger partial charge in [-0.05, 0) is 36.6 Å². The minimum absolute atomic E-state index is 0.0558. The molecule has 1 aromatic carbocycles. The van der Waals surface area contributed by atoms with E-state index in [0.29, 0.717) is 22.4 Å². The van der Waals surface area contributed by atoms with Gasteiger partial charge in [-0.3, -0.25) is 4.79 Å². The molecule has 1 fully saturated rings. The van der Waals surface area contributed by atoms with Crippen molar-refractivity contribution in [2.45, 2.75) is 25.2 Å². The summed E-state index contributed by atoms with van der Waals surface area (Å²) in [6.07, 6.45) is 1.83. The van der Waals surface area contributed by atoms with Gasteiger partial charge in [-0.15, -0.1) is 20.4 Å². The first kappa shape index (κ1) is 19.2. The van der Waals surface area contributed by atoms with Gasteiger partial charge in [0.25, 0.3) is 0 Å². The molecule has 0 unspecified atom stereocenters. The summed E-state index contributed by atoms with van der Waals surface area (Å²) in [4.78, 5) is 14.3. The summed E-state index contributed by atoms with van der Waals surface area (Å²) < 4.78 is 13.7. The molecule has 4 rings (SSSR count). The Labute approximate surface area is 171 Å². The van der Waals surface area contributed by atoms with E-state index >= 15 is 0 Å². The lowest BCUT2D eigenvalue weighted by Gasteiger charge is -2.31. The van der Waals surface area contributed by atoms with Crippen LogP contribution in [0, 0.1) is 5.82 Å². The molecule has 0 radical (unpaired) electrons. The van der Waals surface area contributed by atoms with Gasteiger partial charge in [-0.1, -0.05) is 29.5 Å². The number of nitrogens with two attached hydrogens (primary N) is 1. The number of aromatic nitrogens is 4. The van der Waals surface area contributed by atoms with E-state index in [0.717, 1.165) is 36.8 Å². The Morgan fingerprint density at radius 3 is 2.59 bits per heavy atom. The molecule has 0 saturated carbocycles. The Balaban J connectivity index is 1.31. The number of benzene rings is 1. The summed E-state index contributed by atoms with van der Waals surface area (Å²) in [5, 5.41) is 20.5. The highest BCUT2D eigenvalue weighted by Crippen LogP contribution is 2.32. The molecule has 3 aromatic rings. The summed E-state index contributed by atoms with van der Waals surface area (Å²) in [7, 11) is 0. The number of carbonyl (C=O) groups excluding carboxylic acids is 1. The van der Waals surface area contributed by atoms with Crippen molar-refractivity contribution in [2.75, 3.05) is 29.0 Å². The van der Waals surface area contributed by atoms with E-state index in [1.165, 1.54) is 17.4 Å². The molecule has 150 valence electrons. The summed E-state index contributed by atoms with van der Waals surface area (Å²) in [6, 6.07) is 9.74. The van der Waals surface area contributed by atoms with Crippen LogP contribution < -0.4 is 16.0 Å². The van der Waals surface area contributed by atoms with Crippen LogP contribution in [0.1, 0.15) is 29.3 Å². The number of nitrogens with zero attached hydrogens (tertiary/aromatic N) is 5. The van der Waals surface area contributed by atoms with Crippen LogP contribution in [0.3, 0.4) is 0 Å². The number of halogens is 1. The number of carbonyl (C=O) groups is 1. The molecule has 3 N–H and O–H groups in total. The van der Waals surface area contributed by atoms with E-state index in [2.05, 4.69) is 30.6 Å². The van der Waals surface area contributed by atoms with Gasteiger partial charge in [-0.25, -0.2) is 4.39 Å². The third-order valence-electron chi connectivity index (χ3n) is 4.85. The zero-order chi connectivity index (χ0) is 20.2. The highest BCUT2D eigenvalue weighted by Gasteiger charge is 2.24. The van der Waals surface area contributed by atoms with Crippen molar-refractivity contribution in [3.8, 4) is 0 Å². The van der Waals surface area contributed by atoms with Crippen molar-refractivity contribution in [3.05, 3.63) is 52.8 Å². The smallest absolute Gasteiger partial charge is 0.230 e. The Bertz CT molecular complexity index is 986. The quantitative estimate of drug-likeness (QED) is 0.661. The van der Waals surface area contributed by atoms with Crippen molar-refractivity contribution >= 4 is 34.0 Å². The first-order chi connectivity index (χ1) is 14.1. The summed E-state index contributed by atoms with van der Waals surface area (Å²) in [6.45, 7) is 1.66. The SMILES string of the molecule is Nc1nnc(C2CCN(c3ccc(NC(=O)Cc4ccccc4F)nn3)CC2)s1. The number of hydrogen-bond donors (Lipinski definition) is 2. The van der Waals surface area contributed by atoms with Crippen molar-refractivity contribution in [2.24, 2.45) is 0 Å². The second-order valence-electron chi connectivity index (χ2n) is 6.83. The summed E-state index contributed by atoms with van der Waals surface area (Å²) in [5.74, 6) is 0.727. The number of nitrogen functional groups attached to an aromatic ring is 1. The summed E-state index contributed by atoms with van der Waals surface area (Å²) >= 11 is 1.45. The fourth-order valence-electron chi connectivity index (χ4n) is 3.33. The highest BCUT2D eigenvalue weighted by atomic mass is 32.1. The number of anilines is 3. The topological polar surface area (TPSA) is 110 Å². The normalized spacial score (nSPS) is 14.7. The fourth-order valence-corrected chi connectivity index (χ4v) is 4.11. The van der Waals surface area contributed by atoms with Gasteiger partial charge >= 0.3 is 0 Å². The van der Waals surface area contributed by atoms with Gasteiger partial charge in [0.05, 0.1) is 6.42 Å². The van der Waals surface area contributed by atoms with Crippen molar-refractivity contribution in [1.29, 1.82) is 0 Å². The molecule has 1 aliphatic rings. The lowest BCUT2D eigenvalue weighted by molar-refractivity contribution is -0.115. The second-order valence-corrected chi connectivity index (χ2v) is 7.87. The van der Waals surface area contributed by atoms with Gasteiger partial charge in [0.1, 0.15) is 10.8 Å². The molecule has 0 atom stereocenters. The average molecular weight is 413 g/mol. The molecule has 3 heterocycles. The van der Waals surface area contributed by atoms with E-state index in [1.807, 2.05) is 6.07 Å². The monoisotopic (exact) mass is 413 g/mol. The van der Waals surface area contributed by atoms with Crippen molar-refractivity contribution < 1.29 is 9.18 Å². The van der Waals surface area contributed by atoms with E-state index in [-0.39, 0.29) is 12.3 Å². The number of piperidine rings is 1. The van der Waals surface area contributed by atoms with Crippen LogP contribution in [0.5, 0.6) is 0 Å². The predicted octanol–water partition coefficient (Wildman–Crippen LogP) is 2.61. The molecular weight excluding hydrogens is 393 g/mol. The average Bonchev–Trinajstić information content (AvgIpc) is 3.17.